The molecule has 1 unspecified atom stereocenters. The molecule has 4 nitrogen and oxygen atoms in total. The zero-order valence-corrected chi connectivity index (χ0v) is 15.6. The number of rotatable bonds is 6. The first-order chi connectivity index (χ1) is 10.8. The van der Waals surface area contributed by atoms with Crippen molar-refractivity contribution in [2.75, 3.05) is 19.6 Å². The zero-order chi connectivity index (χ0) is 17.0. The standard InChI is InChI=1S/C18H30N2O2S/c1-14-8-11-20(12-9-14)13-10-16(3)19-23(21,22)18-7-5-6-15(2)17(18)4/h5-7,14,16,19H,8-13H2,1-4H3. The fourth-order valence-electron chi connectivity index (χ4n) is 3.06. The highest BCUT2D eigenvalue weighted by Crippen LogP contribution is 2.19. The van der Waals surface area contributed by atoms with Gasteiger partial charge in [-0.25, -0.2) is 13.1 Å². The Hall–Kier alpha value is -0.910. The Kier molecular flexibility index (Phi) is 6.23. The Labute approximate surface area is 141 Å². The van der Waals surface area contributed by atoms with Crippen LogP contribution in [0.1, 0.15) is 44.2 Å². The van der Waals surface area contributed by atoms with Crippen molar-refractivity contribution in [1.29, 1.82) is 0 Å². The molecule has 0 bridgehead atoms. The van der Waals surface area contributed by atoms with Gasteiger partial charge in [-0.15, -0.1) is 0 Å². The van der Waals surface area contributed by atoms with Gasteiger partial charge in [-0.2, -0.15) is 0 Å². The fourth-order valence-corrected chi connectivity index (χ4v) is 4.66. The molecule has 0 spiro atoms. The highest BCUT2D eigenvalue weighted by Gasteiger charge is 2.21. The van der Waals surface area contributed by atoms with Crippen LogP contribution in [0, 0.1) is 19.8 Å². The molecular weight excluding hydrogens is 308 g/mol. The molecule has 23 heavy (non-hydrogen) atoms. The van der Waals surface area contributed by atoms with E-state index in [2.05, 4.69) is 16.5 Å². The van der Waals surface area contributed by atoms with Crippen LogP contribution in [0.2, 0.25) is 0 Å². The third-order valence-electron chi connectivity index (χ3n) is 4.96. The lowest BCUT2D eigenvalue weighted by atomic mass is 9.99. The smallest absolute Gasteiger partial charge is 0.241 e. The van der Waals surface area contributed by atoms with Crippen LogP contribution in [0.4, 0.5) is 0 Å². The molecule has 1 aliphatic rings. The van der Waals surface area contributed by atoms with Crippen LogP contribution in [0.5, 0.6) is 0 Å². The number of nitrogens with one attached hydrogen (secondary N) is 1. The summed E-state index contributed by atoms with van der Waals surface area (Å²) in [6.07, 6.45) is 3.35. The lowest BCUT2D eigenvalue weighted by molar-refractivity contribution is 0.187. The average Bonchev–Trinajstić information content (AvgIpc) is 2.49. The van der Waals surface area contributed by atoms with Gasteiger partial charge in [0, 0.05) is 6.04 Å². The average molecular weight is 339 g/mol. The van der Waals surface area contributed by atoms with E-state index in [4.69, 9.17) is 0 Å². The SMILES string of the molecule is Cc1cccc(S(=O)(=O)NC(C)CCN2CCC(C)CC2)c1C. The molecule has 0 saturated carbocycles. The predicted molar refractivity (Wildman–Crippen MR) is 95.2 cm³/mol. The lowest BCUT2D eigenvalue weighted by Crippen LogP contribution is -2.39. The first kappa shape index (κ1) is 18.4. The van der Waals surface area contributed by atoms with Crippen LogP contribution in [0.3, 0.4) is 0 Å². The van der Waals surface area contributed by atoms with Crippen molar-refractivity contribution in [2.45, 2.75) is 57.9 Å². The molecule has 1 aromatic carbocycles. The van der Waals surface area contributed by atoms with Gasteiger partial charge in [0.15, 0.2) is 0 Å². The molecule has 0 aliphatic carbocycles. The minimum atomic E-state index is -3.44. The van der Waals surface area contributed by atoms with E-state index in [1.54, 1.807) is 12.1 Å². The van der Waals surface area contributed by atoms with Crippen molar-refractivity contribution in [1.82, 2.24) is 9.62 Å². The van der Waals surface area contributed by atoms with Gasteiger partial charge in [0.1, 0.15) is 0 Å². The molecule has 1 aromatic rings. The molecule has 0 aromatic heterocycles. The predicted octanol–water partition coefficient (Wildman–Crippen LogP) is 3.09. The first-order valence-corrected chi connectivity index (χ1v) is 10.1. The van der Waals surface area contributed by atoms with Crippen molar-refractivity contribution < 1.29 is 8.42 Å². The number of piperidine rings is 1. The highest BCUT2D eigenvalue weighted by molar-refractivity contribution is 7.89. The molecule has 2 rings (SSSR count). The number of likely N-dealkylation sites (tertiary alicyclic amines) is 1. The number of nitrogens with zero attached hydrogens (tertiary/aromatic N) is 1. The van der Waals surface area contributed by atoms with E-state index < -0.39 is 10.0 Å². The summed E-state index contributed by atoms with van der Waals surface area (Å²) < 4.78 is 28.0. The van der Waals surface area contributed by atoms with Gasteiger partial charge in [0.2, 0.25) is 10.0 Å². The maximum Gasteiger partial charge on any atom is 0.241 e. The summed E-state index contributed by atoms with van der Waals surface area (Å²) in [7, 11) is -3.44. The van der Waals surface area contributed by atoms with Crippen LogP contribution in [0.25, 0.3) is 0 Å². The highest BCUT2D eigenvalue weighted by atomic mass is 32.2. The third-order valence-corrected chi connectivity index (χ3v) is 6.69. The molecule has 5 heteroatoms. The van der Waals surface area contributed by atoms with Crippen molar-refractivity contribution in [3.8, 4) is 0 Å². The Morgan fingerprint density at radius 2 is 1.91 bits per heavy atom. The monoisotopic (exact) mass is 338 g/mol. The Balaban J connectivity index is 1.91. The second-order valence-electron chi connectivity index (χ2n) is 7.03. The molecular formula is C18H30N2O2S. The number of hydrogen-bond donors (Lipinski definition) is 1. The van der Waals surface area contributed by atoms with Crippen LogP contribution in [-0.2, 0) is 10.0 Å². The normalized spacial score (nSPS) is 19.0. The largest absolute Gasteiger partial charge is 0.303 e. The molecule has 0 radical (unpaired) electrons. The van der Waals surface area contributed by atoms with Crippen LogP contribution >= 0.6 is 0 Å². The number of hydrogen-bond acceptors (Lipinski definition) is 3. The summed E-state index contributed by atoms with van der Waals surface area (Å²) in [4.78, 5) is 2.85. The molecule has 1 saturated heterocycles. The summed E-state index contributed by atoms with van der Waals surface area (Å²) in [5, 5.41) is 0. The lowest BCUT2D eigenvalue weighted by Gasteiger charge is -2.31. The van der Waals surface area contributed by atoms with E-state index in [9.17, 15) is 8.42 Å². The van der Waals surface area contributed by atoms with Gasteiger partial charge in [-0.1, -0.05) is 19.1 Å². The van der Waals surface area contributed by atoms with E-state index in [0.29, 0.717) is 4.90 Å². The van der Waals surface area contributed by atoms with Gasteiger partial charge in [0.25, 0.3) is 0 Å². The molecule has 1 fully saturated rings. The fraction of sp³-hybridized carbons (Fsp3) is 0.667. The first-order valence-electron chi connectivity index (χ1n) is 8.60. The number of benzene rings is 1. The summed E-state index contributed by atoms with van der Waals surface area (Å²) in [6.45, 7) is 11.3. The van der Waals surface area contributed by atoms with E-state index in [1.807, 2.05) is 26.8 Å². The Bertz CT molecular complexity index is 620. The Morgan fingerprint density at radius 1 is 1.26 bits per heavy atom. The zero-order valence-electron chi connectivity index (χ0n) is 14.8. The van der Waals surface area contributed by atoms with Gasteiger partial charge < -0.3 is 4.90 Å². The van der Waals surface area contributed by atoms with Crippen LogP contribution < -0.4 is 4.72 Å². The number of sulfonamides is 1. The minimum Gasteiger partial charge on any atom is -0.303 e. The molecule has 1 heterocycles. The minimum absolute atomic E-state index is 0.0562. The maximum absolute atomic E-state index is 12.6. The van der Waals surface area contributed by atoms with Crippen LogP contribution in [-0.4, -0.2) is 39.0 Å². The van der Waals surface area contributed by atoms with Gasteiger partial charge in [0.05, 0.1) is 4.90 Å². The molecule has 1 aliphatic heterocycles. The molecule has 0 amide bonds. The maximum atomic E-state index is 12.6. The summed E-state index contributed by atoms with van der Waals surface area (Å²) in [6, 6.07) is 5.37. The number of aryl methyl sites for hydroxylation is 1. The third kappa shape index (κ3) is 5.03. The topological polar surface area (TPSA) is 49.4 Å². The van der Waals surface area contributed by atoms with E-state index in [0.717, 1.165) is 43.1 Å². The van der Waals surface area contributed by atoms with E-state index >= 15 is 0 Å². The van der Waals surface area contributed by atoms with Gasteiger partial charge in [-0.3, -0.25) is 0 Å². The molecule has 1 N–H and O–H groups in total. The van der Waals surface area contributed by atoms with Gasteiger partial charge in [-0.05, 0) is 82.8 Å². The Morgan fingerprint density at radius 3 is 2.57 bits per heavy atom. The second-order valence-corrected chi connectivity index (χ2v) is 8.72. The van der Waals surface area contributed by atoms with Gasteiger partial charge >= 0.3 is 0 Å². The van der Waals surface area contributed by atoms with Crippen molar-refractivity contribution in [3.05, 3.63) is 29.3 Å². The van der Waals surface area contributed by atoms with E-state index in [1.165, 1.54) is 12.8 Å². The summed E-state index contributed by atoms with van der Waals surface area (Å²) in [5.74, 6) is 0.825. The van der Waals surface area contributed by atoms with E-state index in [-0.39, 0.29) is 6.04 Å². The molecule has 1 atom stereocenters. The van der Waals surface area contributed by atoms with Crippen LogP contribution in [0.15, 0.2) is 23.1 Å². The quantitative estimate of drug-likeness (QED) is 0.867. The molecule has 130 valence electrons. The summed E-state index contributed by atoms with van der Waals surface area (Å²) in [5.41, 5.74) is 1.83. The summed E-state index contributed by atoms with van der Waals surface area (Å²) >= 11 is 0. The van der Waals surface area contributed by atoms with Crippen molar-refractivity contribution in [2.24, 2.45) is 5.92 Å². The second kappa shape index (κ2) is 7.77. The van der Waals surface area contributed by atoms with Crippen molar-refractivity contribution >= 4 is 10.0 Å². The van der Waals surface area contributed by atoms with Crippen molar-refractivity contribution in [3.63, 3.8) is 0 Å².